The molecule has 0 fully saturated rings. The Hall–Kier alpha value is -3.45. The fourth-order valence-corrected chi connectivity index (χ4v) is 5.43. The van der Waals surface area contributed by atoms with E-state index < -0.39 is 10.8 Å². The molecule has 1 aromatic heterocycles. The summed E-state index contributed by atoms with van der Waals surface area (Å²) in [5, 5.41) is 9.59. The van der Waals surface area contributed by atoms with E-state index in [1.165, 1.54) is 0 Å². The molecule has 0 saturated heterocycles. The highest BCUT2D eigenvalue weighted by Crippen LogP contribution is 2.34. The minimum atomic E-state index is -1.01. The highest BCUT2D eigenvalue weighted by molar-refractivity contribution is 7.83. The van der Waals surface area contributed by atoms with Crippen molar-refractivity contribution in [1.29, 1.82) is 0 Å². The third kappa shape index (κ3) is 3.48. The lowest BCUT2D eigenvalue weighted by Crippen LogP contribution is -2.18. The fourth-order valence-electron chi connectivity index (χ4n) is 4.16. The quantitative estimate of drug-likeness (QED) is 0.481. The third-order valence-electron chi connectivity index (χ3n) is 5.66. The molecule has 4 aromatic rings. The number of carbonyl (C=O) groups is 1. The molecule has 1 aliphatic heterocycles. The van der Waals surface area contributed by atoms with E-state index in [1.807, 2.05) is 74.5 Å². The maximum Gasteiger partial charge on any atom is 0.261 e. The van der Waals surface area contributed by atoms with Crippen molar-refractivity contribution in [2.75, 3.05) is 11.9 Å². The first-order valence-electron chi connectivity index (χ1n) is 10.5. The summed E-state index contributed by atoms with van der Waals surface area (Å²) in [7, 11) is -1.01. The Labute approximate surface area is 188 Å². The third-order valence-corrected chi connectivity index (χ3v) is 6.87. The van der Waals surface area contributed by atoms with Gasteiger partial charge >= 0.3 is 0 Å². The number of benzene rings is 3. The van der Waals surface area contributed by atoms with Gasteiger partial charge in [-0.15, -0.1) is 0 Å². The fraction of sp³-hybridized carbons (Fsp3) is 0.200. The second-order valence-corrected chi connectivity index (χ2v) is 9.20. The predicted octanol–water partition coefficient (Wildman–Crippen LogP) is 4.75. The number of carbonyl (C=O) groups excluding carboxylic acids is 1. The van der Waals surface area contributed by atoms with Gasteiger partial charge in [0.15, 0.2) is 0 Å². The summed E-state index contributed by atoms with van der Waals surface area (Å²) in [6, 6.07) is 19.4. The van der Waals surface area contributed by atoms with Crippen LogP contribution in [0, 0.1) is 6.92 Å². The van der Waals surface area contributed by atoms with Gasteiger partial charge in [0.2, 0.25) is 0 Å². The number of nitrogens with one attached hydrogen (secondary N) is 1. The van der Waals surface area contributed by atoms with E-state index >= 15 is 0 Å². The van der Waals surface area contributed by atoms with Crippen molar-refractivity contribution in [1.82, 2.24) is 9.78 Å². The summed E-state index contributed by atoms with van der Waals surface area (Å²) >= 11 is 0. The Kier molecular flexibility index (Phi) is 5.27. The number of aryl methyl sites for hydroxylation is 1. The van der Waals surface area contributed by atoms with Crippen molar-refractivity contribution in [3.05, 3.63) is 83.0 Å². The van der Waals surface area contributed by atoms with Crippen LogP contribution in [0.1, 0.15) is 34.1 Å². The number of fused-ring (bicyclic) bond motifs is 2. The second kappa shape index (κ2) is 8.24. The van der Waals surface area contributed by atoms with Crippen molar-refractivity contribution < 1.29 is 13.7 Å². The van der Waals surface area contributed by atoms with Crippen molar-refractivity contribution in [3.8, 4) is 11.4 Å². The number of amides is 1. The maximum atomic E-state index is 13.7. The largest absolute Gasteiger partial charge is 0.493 e. The summed E-state index contributed by atoms with van der Waals surface area (Å²) in [6.07, 6.45) is 0. The molecule has 1 N–H and O–H groups in total. The number of hydrogen-bond acceptors (Lipinski definition) is 4. The SMILES string of the molecule is CCOc1ccc2ccccc2c1C(=O)Nc1c2c(nn1-c1ccccc1C)C[S@](=O)C2. The van der Waals surface area contributed by atoms with Gasteiger partial charge in [-0.25, -0.2) is 4.68 Å². The van der Waals surface area contributed by atoms with Crippen LogP contribution >= 0.6 is 0 Å². The first kappa shape index (κ1) is 20.5. The van der Waals surface area contributed by atoms with Crippen LogP contribution in [0.4, 0.5) is 5.82 Å². The Morgan fingerprint density at radius 3 is 2.69 bits per heavy atom. The van der Waals surface area contributed by atoms with Crippen molar-refractivity contribution in [2.45, 2.75) is 25.4 Å². The minimum absolute atomic E-state index is 0.277. The van der Waals surface area contributed by atoms with Crippen molar-refractivity contribution in [3.63, 3.8) is 0 Å². The Balaban J connectivity index is 1.64. The van der Waals surface area contributed by atoms with Gasteiger partial charge < -0.3 is 10.1 Å². The zero-order valence-electron chi connectivity index (χ0n) is 17.9. The number of anilines is 1. The van der Waals surface area contributed by atoms with Crippen LogP contribution in [0.25, 0.3) is 16.5 Å². The molecular weight excluding hydrogens is 422 g/mol. The molecule has 7 heteroatoms. The standard InChI is InChI=1S/C25H23N3O3S/c1-3-31-22-13-12-17-9-5-6-10-18(17)23(22)25(29)26-24-19-14-32(30)15-20(19)27-28(24)21-11-7-4-8-16(21)2/h4-13H,3,14-15H2,1-2H3,(H,26,29)/t32-/m1/s1. The molecule has 0 bridgehead atoms. The molecule has 0 unspecified atom stereocenters. The first-order valence-corrected chi connectivity index (χ1v) is 12.0. The zero-order valence-corrected chi connectivity index (χ0v) is 18.7. The number of hydrogen-bond donors (Lipinski definition) is 1. The Morgan fingerprint density at radius 2 is 1.88 bits per heavy atom. The highest BCUT2D eigenvalue weighted by atomic mass is 32.2. The summed E-state index contributed by atoms with van der Waals surface area (Å²) in [6.45, 7) is 4.35. The lowest BCUT2D eigenvalue weighted by molar-refractivity contribution is 0.102. The topological polar surface area (TPSA) is 73.2 Å². The van der Waals surface area contributed by atoms with Crippen LogP contribution in [0.5, 0.6) is 5.75 Å². The molecule has 0 aliphatic carbocycles. The van der Waals surface area contributed by atoms with E-state index in [2.05, 4.69) is 5.32 Å². The Morgan fingerprint density at radius 1 is 1.09 bits per heavy atom. The number of aromatic nitrogens is 2. The molecule has 162 valence electrons. The monoisotopic (exact) mass is 445 g/mol. The van der Waals surface area contributed by atoms with E-state index in [0.717, 1.165) is 33.3 Å². The lowest BCUT2D eigenvalue weighted by atomic mass is 10.0. The first-order chi connectivity index (χ1) is 15.6. The minimum Gasteiger partial charge on any atom is -0.493 e. The van der Waals surface area contributed by atoms with Crippen molar-refractivity contribution in [2.24, 2.45) is 0 Å². The predicted molar refractivity (Wildman–Crippen MR) is 127 cm³/mol. The molecule has 0 spiro atoms. The van der Waals surface area contributed by atoms with E-state index in [1.54, 1.807) is 4.68 Å². The molecule has 5 rings (SSSR count). The molecule has 1 amide bonds. The number of ether oxygens (including phenoxy) is 1. The zero-order chi connectivity index (χ0) is 22.2. The van der Waals surface area contributed by atoms with Crippen LogP contribution in [-0.2, 0) is 22.3 Å². The van der Waals surface area contributed by atoms with Crippen LogP contribution < -0.4 is 10.1 Å². The summed E-state index contributed by atoms with van der Waals surface area (Å²) in [4.78, 5) is 13.7. The van der Waals surface area contributed by atoms with Gasteiger partial charge in [0.05, 0.1) is 35.1 Å². The summed E-state index contributed by atoms with van der Waals surface area (Å²) in [5.74, 6) is 1.60. The van der Waals surface area contributed by atoms with Crippen LogP contribution in [0.15, 0.2) is 60.7 Å². The van der Waals surface area contributed by atoms with E-state index in [9.17, 15) is 9.00 Å². The van der Waals surface area contributed by atoms with E-state index in [0.29, 0.717) is 35.2 Å². The average molecular weight is 446 g/mol. The molecule has 1 atom stereocenters. The van der Waals surface area contributed by atoms with Crippen LogP contribution in [0.2, 0.25) is 0 Å². The van der Waals surface area contributed by atoms with E-state index in [4.69, 9.17) is 9.84 Å². The van der Waals surface area contributed by atoms with Gasteiger partial charge in [0, 0.05) is 16.4 Å². The molecular formula is C25H23N3O3S. The van der Waals surface area contributed by atoms with Crippen LogP contribution in [-0.4, -0.2) is 26.5 Å². The average Bonchev–Trinajstić information content (AvgIpc) is 3.30. The molecule has 1 aliphatic rings. The van der Waals surface area contributed by atoms with Crippen LogP contribution in [0.3, 0.4) is 0 Å². The Bertz CT molecular complexity index is 1380. The molecule has 32 heavy (non-hydrogen) atoms. The van der Waals surface area contributed by atoms with E-state index in [-0.39, 0.29) is 5.91 Å². The van der Waals surface area contributed by atoms with Gasteiger partial charge in [-0.3, -0.25) is 9.00 Å². The molecule has 0 radical (unpaired) electrons. The highest BCUT2D eigenvalue weighted by Gasteiger charge is 2.29. The summed E-state index contributed by atoms with van der Waals surface area (Å²) < 4.78 is 19.8. The number of nitrogens with zero attached hydrogens (tertiary/aromatic N) is 2. The van der Waals surface area contributed by atoms with Crippen molar-refractivity contribution >= 4 is 33.3 Å². The van der Waals surface area contributed by atoms with Gasteiger partial charge in [0.1, 0.15) is 11.6 Å². The van der Waals surface area contributed by atoms with Gasteiger partial charge in [-0.1, -0.05) is 48.5 Å². The van der Waals surface area contributed by atoms with Gasteiger partial charge in [0.25, 0.3) is 5.91 Å². The molecule has 3 aromatic carbocycles. The van der Waals surface area contributed by atoms with Gasteiger partial charge in [-0.2, -0.15) is 5.10 Å². The molecule has 0 saturated carbocycles. The summed E-state index contributed by atoms with van der Waals surface area (Å²) in [5.41, 5.74) is 4.00. The maximum absolute atomic E-state index is 13.7. The lowest BCUT2D eigenvalue weighted by Gasteiger charge is -2.16. The second-order valence-electron chi connectivity index (χ2n) is 7.75. The molecule has 2 heterocycles. The normalized spacial score (nSPS) is 15.0. The molecule has 6 nitrogen and oxygen atoms in total. The van der Waals surface area contributed by atoms with Gasteiger partial charge in [-0.05, 0) is 42.3 Å². The smallest absolute Gasteiger partial charge is 0.261 e. The number of para-hydroxylation sites is 1. The number of rotatable bonds is 5.